The Morgan fingerprint density at radius 3 is 3.10 bits per heavy atom. The van der Waals surface area contributed by atoms with Crippen LogP contribution in [0.25, 0.3) is 0 Å². The highest BCUT2D eigenvalue weighted by Gasteiger charge is 2.10. The molecule has 0 radical (unpaired) electrons. The van der Waals surface area contributed by atoms with Crippen molar-refractivity contribution < 1.29 is 4.74 Å². The third kappa shape index (κ3) is 2.01. The molecule has 2 heteroatoms. The van der Waals surface area contributed by atoms with Crippen molar-refractivity contribution in [1.29, 1.82) is 0 Å². The average molecular weight is 141 g/mol. The van der Waals surface area contributed by atoms with Gasteiger partial charge in [0.25, 0.3) is 0 Å². The lowest BCUT2D eigenvalue weighted by Gasteiger charge is -2.06. The Morgan fingerprint density at radius 2 is 2.40 bits per heavy atom. The van der Waals surface area contributed by atoms with Crippen molar-refractivity contribution in [3.05, 3.63) is 0 Å². The fourth-order valence-corrected chi connectivity index (χ4v) is 1.26. The quantitative estimate of drug-likeness (QED) is 0.504. The standard InChI is InChI=1S/C8H15NO/c1-7-4-3-5-9-8(6-7)10-2/h7H,3-6H2,1-2H3/t7-/m1/s1. The fraction of sp³-hybridized carbons (Fsp3) is 0.875. The van der Waals surface area contributed by atoms with Crippen molar-refractivity contribution in [2.45, 2.75) is 26.2 Å². The first-order valence-electron chi connectivity index (χ1n) is 3.90. The van der Waals surface area contributed by atoms with Crippen LogP contribution in [-0.2, 0) is 4.74 Å². The van der Waals surface area contributed by atoms with Gasteiger partial charge in [0, 0.05) is 13.0 Å². The summed E-state index contributed by atoms with van der Waals surface area (Å²) in [6.45, 7) is 3.20. The molecular formula is C8H15NO. The lowest BCUT2D eigenvalue weighted by atomic mass is 10.0. The number of hydrogen-bond acceptors (Lipinski definition) is 2. The Labute approximate surface area is 62.3 Å². The first-order chi connectivity index (χ1) is 4.83. The van der Waals surface area contributed by atoms with E-state index in [0.29, 0.717) is 0 Å². The third-order valence-electron chi connectivity index (χ3n) is 1.90. The second kappa shape index (κ2) is 3.59. The minimum Gasteiger partial charge on any atom is -0.484 e. The summed E-state index contributed by atoms with van der Waals surface area (Å²) < 4.78 is 5.09. The zero-order valence-electron chi connectivity index (χ0n) is 6.76. The Morgan fingerprint density at radius 1 is 1.60 bits per heavy atom. The summed E-state index contributed by atoms with van der Waals surface area (Å²) >= 11 is 0. The minimum atomic E-state index is 0.751. The predicted molar refractivity (Wildman–Crippen MR) is 42.3 cm³/mol. The lowest BCUT2D eigenvalue weighted by molar-refractivity contribution is 0.377. The van der Waals surface area contributed by atoms with E-state index in [0.717, 1.165) is 24.8 Å². The molecule has 10 heavy (non-hydrogen) atoms. The molecule has 1 rings (SSSR count). The van der Waals surface area contributed by atoms with Gasteiger partial charge in [0.2, 0.25) is 0 Å². The molecule has 1 atom stereocenters. The van der Waals surface area contributed by atoms with E-state index in [1.807, 2.05) is 0 Å². The SMILES string of the molecule is COC1=NCCC[C@@H](C)C1. The zero-order valence-corrected chi connectivity index (χ0v) is 6.76. The van der Waals surface area contributed by atoms with Gasteiger partial charge in [-0.25, -0.2) is 0 Å². The van der Waals surface area contributed by atoms with E-state index in [1.54, 1.807) is 7.11 Å². The fourth-order valence-electron chi connectivity index (χ4n) is 1.26. The van der Waals surface area contributed by atoms with Gasteiger partial charge in [0.05, 0.1) is 7.11 Å². The van der Waals surface area contributed by atoms with E-state index in [4.69, 9.17) is 4.74 Å². The van der Waals surface area contributed by atoms with Crippen LogP contribution in [0.4, 0.5) is 0 Å². The van der Waals surface area contributed by atoms with Crippen LogP contribution in [0.1, 0.15) is 26.2 Å². The maximum Gasteiger partial charge on any atom is 0.183 e. The largest absolute Gasteiger partial charge is 0.484 e. The van der Waals surface area contributed by atoms with Crippen LogP contribution in [0, 0.1) is 5.92 Å². The van der Waals surface area contributed by atoms with Gasteiger partial charge in [-0.2, -0.15) is 0 Å². The molecule has 0 fully saturated rings. The third-order valence-corrected chi connectivity index (χ3v) is 1.90. The molecule has 0 bridgehead atoms. The molecular weight excluding hydrogens is 126 g/mol. The highest BCUT2D eigenvalue weighted by molar-refractivity contribution is 5.76. The van der Waals surface area contributed by atoms with Crippen LogP contribution < -0.4 is 0 Å². The molecule has 1 aliphatic rings. The molecule has 0 saturated heterocycles. The Kier molecular flexibility index (Phi) is 2.72. The summed E-state index contributed by atoms with van der Waals surface area (Å²) in [5.41, 5.74) is 0. The van der Waals surface area contributed by atoms with Gasteiger partial charge in [0.15, 0.2) is 5.90 Å². The molecule has 0 aromatic carbocycles. The second-order valence-corrected chi connectivity index (χ2v) is 2.93. The highest BCUT2D eigenvalue weighted by Crippen LogP contribution is 2.14. The number of rotatable bonds is 0. The molecule has 58 valence electrons. The van der Waals surface area contributed by atoms with E-state index in [2.05, 4.69) is 11.9 Å². The van der Waals surface area contributed by atoms with E-state index < -0.39 is 0 Å². The van der Waals surface area contributed by atoms with Gasteiger partial charge in [-0.1, -0.05) is 6.92 Å². The van der Waals surface area contributed by atoms with Crippen molar-refractivity contribution in [3.63, 3.8) is 0 Å². The van der Waals surface area contributed by atoms with Crippen LogP contribution in [-0.4, -0.2) is 19.6 Å². The molecule has 0 N–H and O–H groups in total. The monoisotopic (exact) mass is 141 g/mol. The summed E-state index contributed by atoms with van der Waals surface area (Å²) in [7, 11) is 1.71. The molecule has 0 amide bonds. The Bertz CT molecular complexity index is 131. The van der Waals surface area contributed by atoms with Gasteiger partial charge in [0.1, 0.15) is 0 Å². The molecule has 2 nitrogen and oxygen atoms in total. The van der Waals surface area contributed by atoms with Crippen molar-refractivity contribution >= 4 is 5.90 Å². The molecule has 0 aromatic rings. The first kappa shape index (κ1) is 7.58. The van der Waals surface area contributed by atoms with E-state index in [-0.39, 0.29) is 0 Å². The summed E-state index contributed by atoms with van der Waals surface area (Å²) in [4.78, 5) is 4.29. The van der Waals surface area contributed by atoms with Crippen LogP contribution in [0.3, 0.4) is 0 Å². The van der Waals surface area contributed by atoms with Crippen LogP contribution in [0.5, 0.6) is 0 Å². The van der Waals surface area contributed by atoms with Crippen LogP contribution >= 0.6 is 0 Å². The number of aliphatic imine (C=N–C) groups is 1. The lowest BCUT2D eigenvalue weighted by Crippen LogP contribution is -2.04. The van der Waals surface area contributed by atoms with Gasteiger partial charge >= 0.3 is 0 Å². The first-order valence-corrected chi connectivity index (χ1v) is 3.90. The molecule has 0 saturated carbocycles. The van der Waals surface area contributed by atoms with E-state index in [9.17, 15) is 0 Å². The van der Waals surface area contributed by atoms with Crippen LogP contribution in [0.2, 0.25) is 0 Å². The summed E-state index contributed by atoms with van der Waals surface area (Å²) in [6.07, 6.45) is 3.53. The second-order valence-electron chi connectivity index (χ2n) is 2.93. The van der Waals surface area contributed by atoms with Crippen molar-refractivity contribution in [1.82, 2.24) is 0 Å². The maximum atomic E-state index is 5.09. The normalized spacial score (nSPS) is 27.0. The number of hydrogen-bond donors (Lipinski definition) is 0. The number of ether oxygens (including phenoxy) is 1. The van der Waals surface area contributed by atoms with Crippen LogP contribution in [0.15, 0.2) is 4.99 Å². The summed E-state index contributed by atoms with van der Waals surface area (Å²) in [6, 6.07) is 0. The predicted octanol–water partition coefficient (Wildman–Crippen LogP) is 1.85. The molecule has 1 heterocycles. The highest BCUT2D eigenvalue weighted by atomic mass is 16.5. The smallest absolute Gasteiger partial charge is 0.183 e. The minimum absolute atomic E-state index is 0.751. The summed E-state index contributed by atoms with van der Waals surface area (Å²) in [5, 5.41) is 0. The number of nitrogens with zero attached hydrogens (tertiary/aromatic N) is 1. The van der Waals surface area contributed by atoms with Gasteiger partial charge < -0.3 is 4.74 Å². The Hall–Kier alpha value is -0.530. The molecule has 1 aliphatic heterocycles. The molecule has 0 spiro atoms. The topological polar surface area (TPSA) is 21.6 Å². The Balaban J connectivity index is 2.46. The number of methoxy groups -OCH3 is 1. The average Bonchev–Trinajstić information content (AvgIpc) is 2.13. The van der Waals surface area contributed by atoms with E-state index >= 15 is 0 Å². The maximum absolute atomic E-state index is 5.09. The molecule has 0 unspecified atom stereocenters. The zero-order chi connectivity index (χ0) is 7.40. The van der Waals surface area contributed by atoms with E-state index in [1.165, 1.54) is 12.8 Å². The van der Waals surface area contributed by atoms with Crippen molar-refractivity contribution in [3.8, 4) is 0 Å². The van der Waals surface area contributed by atoms with Gasteiger partial charge in [-0.3, -0.25) is 4.99 Å². The van der Waals surface area contributed by atoms with Crippen molar-refractivity contribution in [2.24, 2.45) is 10.9 Å². The van der Waals surface area contributed by atoms with Crippen molar-refractivity contribution in [2.75, 3.05) is 13.7 Å². The molecule has 0 aliphatic carbocycles. The summed E-state index contributed by atoms with van der Waals surface area (Å²) in [5.74, 6) is 1.69. The van der Waals surface area contributed by atoms with Gasteiger partial charge in [-0.15, -0.1) is 0 Å². The van der Waals surface area contributed by atoms with Gasteiger partial charge in [-0.05, 0) is 18.8 Å². The molecule has 0 aromatic heterocycles.